The van der Waals surface area contributed by atoms with Crippen molar-refractivity contribution in [2.45, 2.75) is 56.8 Å². The van der Waals surface area contributed by atoms with Crippen LogP contribution in [-0.4, -0.2) is 33.3 Å². The Balaban J connectivity index is 1.07. The Morgan fingerprint density at radius 2 is 1.52 bits per heavy atom. The van der Waals surface area contributed by atoms with Crippen LogP contribution in [-0.2, 0) is 17.5 Å². The van der Waals surface area contributed by atoms with Crippen molar-refractivity contribution in [2.24, 2.45) is 17.3 Å². The number of carboxylic acid groups (broad SMARTS) is 1. The number of alkyl halides is 3. The Morgan fingerprint density at radius 3 is 2.14 bits per heavy atom. The van der Waals surface area contributed by atoms with Gasteiger partial charge in [-0.2, -0.15) is 13.2 Å². The Morgan fingerprint density at radius 1 is 0.881 bits per heavy atom. The number of nitrogens with one attached hydrogen (secondary N) is 1. The number of benzene rings is 3. The van der Waals surface area contributed by atoms with Gasteiger partial charge >= 0.3 is 12.1 Å². The minimum Gasteiger partial charge on any atom is -0.481 e. The number of halogens is 3. The number of hydrogen-bond donors (Lipinski definition) is 2. The van der Waals surface area contributed by atoms with E-state index in [0.717, 1.165) is 73.1 Å². The van der Waals surface area contributed by atoms with E-state index >= 15 is 0 Å². The van der Waals surface area contributed by atoms with E-state index < -0.39 is 34.6 Å². The first-order chi connectivity index (χ1) is 19.9. The number of fused-ring (bicyclic) bond motifs is 1. The van der Waals surface area contributed by atoms with Crippen LogP contribution < -0.4 is 5.32 Å². The summed E-state index contributed by atoms with van der Waals surface area (Å²) < 4.78 is 38.4. The third kappa shape index (κ3) is 4.28. The van der Waals surface area contributed by atoms with Gasteiger partial charge in [-0.3, -0.25) is 14.4 Å². The molecule has 2 atom stereocenters. The third-order valence-electron chi connectivity index (χ3n) is 9.92. The maximum atomic E-state index is 13.8. The van der Waals surface area contributed by atoms with Crippen LogP contribution in [0.25, 0.3) is 11.1 Å². The Bertz CT molecular complexity index is 1600. The van der Waals surface area contributed by atoms with E-state index in [0.29, 0.717) is 36.1 Å². The fraction of sp³-hybridized carbons (Fsp3) is 0.364. The van der Waals surface area contributed by atoms with Crippen molar-refractivity contribution in [3.05, 3.63) is 89.0 Å². The number of carboxylic acids is 1. The second kappa shape index (κ2) is 9.18. The number of hydrogen-bond acceptors (Lipinski definition) is 3. The van der Waals surface area contributed by atoms with Gasteiger partial charge in [0.05, 0.1) is 11.0 Å². The zero-order chi connectivity index (χ0) is 29.4. The number of amides is 2. The molecule has 3 aromatic rings. The molecule has 4 aliphatic carbocycles. The van der Waals surface area contributed by atoms with Crippen molar-refractivity contribution < 1.29 is 32.7 Å². The first kappa shape index (κ1) is 26.7. The number of carbonyl (C=O) groups excluding carboxylic acids is 2. The molecular formula is C33H29F3N2O4. The maximum Gasteiger partial charge on any atom is 0.416 e. The largest absolute Gasteiger partial charge is 0.481 e. The molecule has 4 bridgehead atoms. The molecule has 1 heterocycles. The summed E-state index contributed by atoms with van der Waals surface area (Å²) in [7, 11) is 0. The lowest BCUT2D eigenvalue weighted by atomic mass is 9.46. The fourth-order valence-electron chi connectivity index (χ4n) is 8.40. The molecule has 0 aromatic heterocycles. The Kier molecular flexibility index (Phi) is 5.84. The second-order valence-electron chi connectivity index (χ2n) is 12.6. The van der Waals surface area contributed by atoms with E-state index in [1.807, 2.05) is 35.2 Å². The summed E-state index contributed by atoms with van der Waals surface area (Å²) in [5, 5.41) is 12.8. The van der Waals surface area contributed by atoms with Crippen molar-refractivity contribution in [3.63, 3.8) is 0 Å². The zero-order valence-corrected chi connectivity index (χ0v) is 22.7. The van der Waals surface area contributed by atoms with Gasteiger partial charge in [0.15, 0.2) is 0 Å². The smallest absolute Gasteiger partial charge is 0.416 e. The second-order valence-corrected chi connectivity index (χ2v) is 12.6. The molecule has 1 aliphatic heterocycles. The quantitative estimate of drug-likeness (QED) is 0.344. The van der Waals surface area contributed by atoms with Crippen LogP contribution in [0.4, 0.5) is 18.9 Å². The van der Waals surface area contributed by atoms with Gasteiger partial charge in [0, 0.05) is 28.9 Å². The summed E-state index contributed by atoms with van der Waals surface area (Å²) in [4.78, 5) is 40.7. The standard InChI is InChI=1S/C33H29F3N2O4/c34-33(35,36)25-7-3-22(4-8-25)28(39)37-26-9-5-21(6-10-26)23-1-2-24-17-38(29(40)27(24)12-23)32-15-19-11-20(16-32)14-31(13-19,18-32)30(41)42/h1-10,12,19-20H,11,13-18H2,(H,37,39)(H,41,42). The molecule has 4 fully saturated rings. The lowest BCUT2D eigenvalue weighted by molar-refractivity contribution is -0.175. The molecular weight excluding hydrogens is 545 g/mol. The average molecular weight is 575 g/mol. The number of aliphatic carboxylic acids is 1. The molecule has 2 unspecified atom stereocenters. The van der Waals surface area contributed by atoms with Crippen LogP contribution in [0, 0.1) is 17.3 Å². The monoisotopic (exact) mass is 574 g/mol. The summed E-state index contributed by atoms with van der Waals surface area (Å²) in [5.74, 6) is -0.560. The van der Waals surface area contributed by atoms with Crippen molar-refractivity contribution >= 4 is 23.5 Å². The molecule has 0 radical (unpaired) electrons. The normalized spacial score (nSPS) is 27.7. The van der Waals surface area contributed by atoms with Crippen LogP contribution in [0.5, 0.6) is 0 Å². The van der Waals surface area contributed by atoms with Crippen molar-refractivity contribution in [1.82, 2.24) is 4.90 Å². The molecule has 3 aromatic carbocycles. The first-order valence-electron chi connectivity index (χ1n) is 14.2. The SMILES string of the molecule is O=C(Nc1ccc(-c2ccc3c(c2)C(=O)N(C24CC5CC(CC(C(=O)O)(C5)C2)C4)C3)cc1)c1ccc(C(F)(F)F)cc1. The van der Waals surface area contributed by atoms with Crippen LogP contribution in [0.15, 0.2) is 66.7 Å². The molecule has 5 aliphatic rings. The van der Waals surface area contributed by atoms with E-state index in [2.05, 4.69) is 5.32 Å². The van der Waals surface area contributed by atoms with Gasteiger partial charge in [-0.15, -0.1) is 0 Å². The maximum absolute atomic E-state index is 13.8. The average Bonchev–Trinajstić information content (AvgIpc) is 3.29. The molecule has 0 saturated heterocycles. The topological polar surface area (TPSA) is 86.7 Å². The summed E-state index contributed by atoms with van der Waals surface area (Å²) in [6, 6.07) is 16.9. The predicted molar refractivity (Wildman–Crippen MR) is 149 cm³/mol. The van der Waals surface area contributed by atoms with E-state index in [9.17, 15) is 32.7 Å². The molecule has 6 nitrogen and oxygen atoms in total. The van der Waals surface area contributed by atoms with Gasteiger partial charge in [0.25, 0.3) is 11.8 Å². The highest BCUT2D eigenvalue weighted by Gasteiger charge is 2.63. The molecule has 2 N–H and O–H groups in total. The molecule has 216 valence electrons. The van der Waals surface area contributed by atoms with Crippen LogP contribution in [0.2, 0.25) is 0 Å². The minimum atomic E-state index is -4.47. The van der Waals surface area contributed by atoms with Crippen LogP contribution in [0.1, 0.15) is 70.4 Å². The van der Waals surface area contributed by atoms with Crippen molar-refractivity contribution in [1.29, 1.82) is 0 Å². The number of rotatable bonds is 5. The van der Waals surface area contributed by atoms with Gasteiger partial charge in [0.1, 0.15) is 0 Å². The molecule has 4 saturated carbocycles. The molecule has 8 rings (SSSR count). The van der Waals surface area contributed by atoms with E-state index in [1.165, 1.54) is 0 Å². The van der Waals surface area contributed by atoms with E-state index in [4.69, 9.17) is 0 Å². The minimum absolute atomic E-state index is 0.0326. The number of nitrogens with zero attached hydrogens (tertiary/aromatic N) is 1. The van der Waals surface area contributed by atoms with Gasteiger partial charge in [-0.1, -0.05) is 24.3 Å². The Hall–Kier alpha value is -4.14. The van der Waals surface area contributed by atoms with Crippen molar-refractivity contribution in [3.8, 4) is 11.1 Å². The lowest BCUT2D eigenvalue weighted by Crippen LogP contribution is -2.64. The highest BCUT2D eigenvalue weighted by atomic mass is 19.4. The van der Waals surface area contributed by atoms with Gasteiger partial charge in [-0.25, -0.2) is 0 Å². The zero-order valence-electron chi connectivity index (χ0n) is 22.7. The van der Waals surface area contributed by atoms with Gasteiger partial charge < -0.3 is 15.3 Å². The van der Waals surface area contributed by atoms with E-state index in [1.54, 1.807) is 12.1 Å². The molecule has 2 amide bonds. The van der Waals surface area contributed by atoms with E-state index in [-0.39, 0.29) is 11.5 Å². The molecule has 0 spiro atoms. The van der Waals surface area contributed by atoms with Crippen LogP contribution >= 0.6 is 0 Å². The number of anilines is 1. The third-order valence-corrected chi connectivity index (χ3v) is 9.92. The van der Waals surface area contributed by atoms with Crippen molar-refractivity contribution in [2.75, 3.05) is 5.32 Å². The highest BCUT2D eigenvalue weighted by Crippen LogP contribution is 2.64. The first-order valence-corrected chi connectivity index (χ1v) is 14.2. The highest BCUT2D eigenvalue weighted by molar-refractivity contribution is 6.04. The molecule has 42 heavy (non-hydrogen) atoms. The van der Waals surface area contributed by atoms with Gasteiger partial charge in [0.2, 0.25) is 0 Å². The predicted octanol–water partition coefficient (Wildman–Crippen LogP) is 7.00. The van der Waals surface area contributed by atoms with Gasteiger partial charge in [-0.05, 0) is 110 Å². The lowest BCUT2D eigenvalue weighted by Gasteiger charge is -2.62. The summed E-state index contributed by atoms with van der Waals surface area (Å²) >= 11 is 0. The summed E-state index contributed by atoms with van der Waals surface area (Å²) in [6.07, 6.45) is 0.338. The summed E-state index contributed by atoms with van der Waals surface area (Å²) in [6.45, 7) is 0.499. The number of carbonyl (C=O) groups is 3. The molecule has 9 heteroatoms. The Labute approximate surface area is 240 Å². The fourth-order valence-corrected chi connectivity index (χ4v) is 8.40. The van der Waals surface area contributed by atoms with Crippen LogP contribution in [0.3, 0.4) is 0 Å². The summed E-state index contributed by atoms with van der Waals surface area (Å²) in [5.41, 5.74) is 1.95.